The third-order valence-electron chi connectivity index (χ3n) is 3.92. The third-order valence-corrected chi connectivity index (χ3v) is 5.50. The molecule has 1 aromatic rings. The van der Waals surface area contributed by atoms with Gasteiger partial charge in [0.2, 0.25) is 0 Å². The SMILES string of the molecule is COC1CSC2(C1)CN(C(=O)c1ccncc1)C2.O=C(O)C(F)(F)F. The van der Waals surface area contributed by atoms with E-state index < -0.39 is 12.1 Å². The Morgan fingerprint density at radius 2 is 1.92 bits per heavy atom. The molecule has 25 heavy (non-hydrogen) atoms. The monoisotopic (exact) mass is 378 g/mol. The normalized spacial score (nSPS) is 21.3. The highest BCUT2D eigenvalue weighted by Gasteiger charge is 2.50. The Morgan fingerprint density at radius 1 is 1.36 bits per heavy atom. The van der Waals surface area contributed by atoms with E-state index >= 15 is 0 Å². The molecule has 1 spiro atoms. The number of hydrogen-bond acceptors (Lipinski definition) is 5. The van der Waals surface area contributed by atoms with Gasteiger partial charge in [0.1, 0.15) is 0 Å². The average molecular weight is 378 g/mol. The maximum absolute atomic E-state index is 12.2. The molecule has 1 atom stereocenters. The third kappa shape index (κ3) is 4.85. The molecule has 2 saturated heterocycles. The summed E-state index contributed by atoms with van der Waals surface area (Å²) in [5.41, 5.74) is 0.728. The molecule has 2 fully saturated rings. The number of likely N-dealkylation sites (tertiary alicyclic amines) is 1. The molecule has 1 aromatic heterocycles. The van der Waals surface area contributed by atoms with Gasteiger partial charge < -0.3 is 14.7 Å². The molecular weight excluding hydrogens is 361 g/mol. The standard InChI is InChI=1S/C13H16N2O2S.C2HF3O2/c1-17-11-6-13(18-7-11)8-15(9-13)12(16)10-2-4-14-5-3-10;3-2(4,5)1(6)7/h2-5,11H,6-9H2,1H3;(H,6,7). The first-order chi connectivity index (χ1) is 11.7. The fraction of sp³-hybridized carbons (Fsp3) is 0.533. The van der Waals surface area contributed by atoms with Crippen LogP contribution in [0.1, 0.15) is 16.8 Å². The lowest BCUT2D eigenvalue weighted by atomic mass is 9.92. The Morgan fingerprint density at radius 3 is 2.36 bits per heavy atom. The molecule has 2 aliphatic heterocycles. The van der Waals surface area contributed by atoms with Crippen molar-refractivity contribution in [1.29, 1.82) is 0 Å². The number of pyridine rings is 1. The molecule has 0 bridgehead atoms. The number of rotatable bonds is 2. The Hall–Kier alpha value is -1.81. The van der Waals surface area contributed by atoms with Crippen LogP contribution in [-0.2, 0) is 9.53 Å². The number of hydrogen-bond donors (Lipinski definition) is 1. The van der Waals surface area contributed by atoms with E-state index in [1.54, 1.807) is 31.6 Å². The second-order valence-corrected chi connectivity index (χ2v) is 7.24. The molecule has 3 heterocycles. The van der Waals surface area contributed by atoms with E-state index in [9.17, 15) is 18.0 Å². The summed E-state index contributed by atoms with van der Waals surface area (Å²) in [4.78, 5) is 26.9. The number of carbonyl (C=O) groups is 2. The average Bonchev–Trinajstić information content (AvgIpc) is 2.98. The fourth-order valence-electron chi connectivity index (χ4n) is 2.64. The van der Waals surface area contributed by atoms with Crippen molar-refractivity contribution in [3.8, 4) is 0 Å². The number of alkyl halides is 3. The Bertz CT molecular complexity index is 621. The van der Waals surface area contributed by atoms with E-state index in [0.717, 1.165) is 30.8 Å². The molecular formula is C15H17F3N2O4S. The summed E-state index contributed by atoms with van der Waals surface area (Å²) in [6.45, 7) is 1.69. The number of thioether (sulfide) groups is 1. The minimum absolute atomic E-state index is 0.115. The molecule has 10 heteroatoms. The van der Waals surface area contributed by atoms with Crippen LogP contribution in [0.25, 0.3) is 0 Å². The Balaban J connectivity index is 0.000000277. The van der Waals surface area contributed by atoms with Gasteiger partial charge in [-0.25, -0.2) is 4.79 Å². The summed E-state index contributed by atoms with van der Waals surface area (Å²) in [7, 11) is 1.77. The number of ether oxygens (including phenoxy) is 1. The van der Waals surface area contributed by atoms with E-state index in [-0.39, 0.29) is 10.7 Å². The van der Waals surface area contributed by atoms with Crippen molar-refractivity contribution in [2.75, 3.05) is 26.0 Å². The molecule has 138 valence electrons. The van der Waals surface area contributed by atoms with Crippen LogP contribution in [0.2, 0.25) is 0 Å². The van der Waals surface area contributed by atoms with Gasteiger partial charge in [-0.2, -0.15) is 13.2 Å². The zero-order valence-electron chi connectivity index (χ0n) is 13.3. The molecule has 0 saturated carbocycles. The van der Waals surface area contributed by atoms with Crippen LogP contribution in [0.5, 0.6) is 0 Å². The maximum Gasteiger partial charge on any atom is 0.490 e. The van der Waals surface area contributed by atoms with Crippen LogP contribution in [0.15, 0.2) is 24.5 Å². The first-order valence-corrected chi connectivity index (χ1v) is 8.31. The van der Waals surface area contributed by atoms with Crippen molar-refractivity contribution in [2.45, 2.75) is 23.4 Å². The number of halogens is 3. The van der Waals surface area contributed by atoms with Gasteiger partial charge in [0.25, 0.3) is 5.91 Å². The number of carboxylic acids is 1. The second-order valence-electron chi connectivity index (χ2n) is 5.76. The molecule has 0 radical (unpaired) electrons. The van der Waals surface area contributed by atoms with Crippen LogP contribution in [0, 0.1) is 0 Å². The first kappa shape index (κ1) is 19.5. The fourth-order valence-corrected chi connectivity index (χ4v) is 4.24. The number of nitrogens with zero attached hydrogens (tertiary/aromatic N) is 2. The number of carbonyl (C=O) groups excluding carboxylic acids is 1. The van der Waals surface area contributed by atoms with Crippen LogP contribution in [-0.4, -0.2) is 69.8 Å². The summed E-state index contributed by atoms with van der Waals surface area (Å²) < 4.78 is 37.4. The summed E-state index contributed by atoms with van der Waals surface area (Å²) in [6.07, 6.45) is -0.343. The van der Waals surface area contributed by atoms with Gasteiger partial charge in [0, 0.05) is 43.9 Å². The van der Waals surface area contributed by atoms with Crippen LogP contribution in [0.3, 0.4) is 0 Å². The molecule has 0 aliphatic carbocycles. The van der Waals surface area contributed by atoms with Gasteiger partial charge in [-0.15, -0.1) is 11.8 Å². The van der Waals surface area contributed by atoms with Crippen molar-refractivity contribution in [2.24, 2.45) is 0 Å². The van der Waals surface area contributed by atoms with Crippen molar-refractivity contribution in [1.82, 2.24) is 9.88 Å². The number of methoxy groups -OCH3 is 1. The number of amides is 1. The van der Waals surface area contributed by atoms with E-state index in [4.69, 9.17) is 14.6 Å². The minimum atomic E-state index is -5.08. The quantitative estimate of drug-likeness (QED) is 0.849. The molecule has 2 aliphatic rings. The summed E-state index contributed by atoms with van der Waals surface area (Å²) in [6, 6.07) is 3.54. The molecule has 3 rings (SSSR count). The molecule has 1 amide bonds. The molecule has 1 unspecified atom stereocenters. The predicted octanol–water partition coefficient (Wildman–Crippen LogP) is 2.06. The smallest absolute Gasteiger partial charge is 0.475 e. The van der Waals surface area contributed by atoms with E-state index in [1.165, 1.54) is 0 Å². The Kier molecular flexibility index (Phi) is 5.94. The zero-order valence-corrected chi connectivity index (χ0v) is 14.1. The van der Waals surface area contributed by atoms with Crippen molar-refractivity contribution < 1.29 is 32.6 Å². The van der Waals surface area contributed by atoms with Gasteiger partial charge in [0.05, 0.1) is 10.9 Å². The van der Waals surface area contributed by atoms with Crippen molar-refractivity contribution in [3.05, 3.63) is 30.1 Å². The second kappa shape index (κ2) is 7.61. The number of carboxylic acid groups (broad SMARTS) is 1. The summed E-state index contributed by atoms with van der Waals surface area (Å²) in [5, 5.41) is 7.12. The van der Waals surface area contributed by atoms with E-state index in [2.05, 4.69) is 4.98 Å². The van der Waals surface area contributed by atoms with Gasteiger partial charge in [-0.3, -0.25) is 9.78 Å². The topological polar surface area (TPSA) is 79.7 Å². The van der Waals surface area contributed by atoms with Gasteiger partial charge in [0.15, 0.2) is 0 Å². The number of aromatic nitrogens is 1. The maximum atomic E-state index is 12.2. The minimum Gasteiger partial charge on any atom is -0.475 e. The van der Waals surface area contributed by atoms with Gasteiger partial charge in [-0.05, 0) is 18.6 Å². The highest BCUT2D eigenvalue weighted by atomic mass is 32.2. The van der Waals surface area contributed by atoms with Crippen LogP contribution < -0.4 is 0 Å². The molecule has 1 N–H and O–H groups in total. The lowest BCUT2D eigenvalue weighted by Crippen LogP contribution is -2.60. The zero-order chi connectivity index (χ0) is 18.7. The highest BCUT2D eigenvalue weighted by molar-refractivity contribution is 8.01. The first-order valence-electron chi connectivity index (χ1n) is 7.33. The predicted molar refractivity (Wildman–Crippen MR) is 84.4 cm³/mol. The molecule has 0 aromatic carbocycles. The van der Waals surface area contributed by atoms with Crippen molar-refractivity contribution >= 4 is 23.6 Å². The molecule has 6 nitrogen and oxygen atoms in total. The van der Waals surface area contributed by atoms with Crippen molar-refractivity contribution in [3.63, 3.8) is 0 Å². The summed E-state index contributed by atoms with van der Waals surface area (Å²) in [5.74, 6) is -1.59. The van der Waals surface area contributed by atoms with Gasteiger partial charge >= 0.3 is 12.1 Å². The van der Waals surface area contributed by atoms with E-state index in [1.807, 2.05) is 16.7 Å². The van der Waals surface area contributed by atoms with Crippen LogP contribution in [0.4, 0.5) is 13.2 Å². The summed E-state index contributed by atoms with van der Waals surface area (Å²) >= 11 is 1.95. The highest BCUT2D eigenvalue weighted by Crippen LogP contribution is 2.46. The number of aliphatic carboxylic acids is 1. The lowest BCUT2D eigenvalue weighted by molar-refractivity contribution is -0.192. The van der Waals surface area contributed by atoms with Gasteiger partial charge in [-0.1, -0.05) is 0 Å². The van der Waals surface area contributed by atoms with E-state index in [0.29, 0.717) is 6.10 Å². The Labute approximate surface area is 146 Å². The largest absolute Gasteiger partial charge is 0.490 e. The van der Waals surface area contributed by atoms with Crippen LogP contribution >= 0.6 is 11.8 Å². The lowest BCUT2D eigenvalue weighted by Gasteiger charge is -2.47.